The molecule has 29 heavy (non-hydrogen) atoms. The summed E-state index contributed by atoms with van der Waals surface area (Å²) in [5.41, 5.74) is 0.263. The zero-order valence-electron chi connectivity index (χ0n) is 15.8. The molecule has 2 aromatic heterocycles. The lowest BCUT2D eigenvalue weighted by molar-refractivity contribution is 0.102. The van der Waals surface area contributed by atoms with Crippen molar-refractivity contribution in [1.82, 2.24) is 14.5 Å². The van der Waals surface area contributed by atoms with Gasteiger partial charge in [0.1, 0.15) is 0 Å². The minimum Gasteiger partial charge on any atom is -0.402 e. The molecule has 0 radical (unpaired) electrons. The molecule has 2 heterocycles. The van der Waals surface area contributed by atoms with Crippen molar-refractivity contribution >= 4 is 44.9 Å². The molecule has 0 unspecified atom stereocenters. The van der Waals surface area contributed by atoms with Gasteiger partial charge in [-0.15, -0.1) is 16.4 Å². The molecule has 3 aromatic rings. The van der Waals surface area contributed by atoms with E-state index >= 15 is 0 Å². The summed E-state index contributed by atoms with van der Waals surface area (Å²) in [4.78, 5) is 13.2. The highest BCUT2D eigenvalue weighted by Gasteiger charge is 2.21. The van der Waals surface area contributed by atoms with E-state index < -0.39 is 15.9 Å². The fourth-order valence-corrected chi connectivity index (χ4v) is 4.60. The van der Waals surface area contributed by atoms with Crippen LogP contribution in [0.15, 0.2) is 45.7 Å². The lowest BCUT2D eigenvalue weighted by Gasteiger charge is -2.16. The molecule has 3 rings (SSSR count). The molecule has 1 N–H and O–H groups in total. The van der Waals surface area contributed by atoms with E-state index in [9.17, 15) is 13.2 Å². The molecule has 0 atom stereocenters. The van der Waals surface area contributed by atoms with Crippen molar-refractivity contribution in [3.05, 3.63) is 46.3 Å². The third-order valence-corrected chi connectivity index (χ3v) is 7.17. The maximum Gasteiger partial charge on any atom is 0.322 e. The summed E-state index contributed by atoms with van der Waals surface area (Å²) in [5.74, 6) is -0.249. The molecule has 1 aromatic carbocycles. The minimum atomic E-state index is -3.59. The van der Waals surface area contributed by atoms with Crippen LogP contribution in [0.3, 0.4) is 0 Å². The van der Waals surface area contributed by atoms with Gasteiger partial charge in [0.2, 0.25) is 10.0 Å². The number of carbonyl (C=O) groups excluding carboxylic acids is 1. The Balaban J connectivity index is 1.69. The Labute approximate surface area is 177 Å². The molecule has 0 saturated heterocycles. The van der Waals surface area contributed by atoms with E-state index in [4.69, 9.17) is 16.0 Å². The summed E-state index contributed by atoms with van der Waals surface area (Å²) in [6.07, 6.45) is 1.68. The van der Waals surface area contributed by atoms with Gasteiger partial charge in [0.15, 0.2) is 0 Å². The molecule has 154 valence electrons. The number of rotatable bonds is 8. The molecule has 1 amide bonds. The number of benzene rings is 1. The van der Waals surface area contributed by atoms with Gasteiger partial charge in [-0.05, 0) is 42.8 Å². The van der Waals surface area contributed by atoms with Crippen molar-refractivity contribution in [2.75, 3.05) is 18.9 Å². The van der Waals surface area contributed by atoms with Crippen LogP contribution in [0.4, 0.5) is 6.01 Å². The average Bonchev–Trinajstić information content (AvgIpc) is 3.35. The third-order valence-electron chi connectivity index (χ3n) is 4.08. The first-order valence-electron chi connectivity index (χ1n) is 8.78. The van der Waals surface area contributed by atoms with E-state index in [1.165, 1.54) is 39.9 Å². The van der Waals surface area contributed by atoms with E-state index in [2.05, 4.69) is 15.5 Å². The summed E-state index contributed by atoms with van der Waals surface area (Å²) in [6, 6.07) is 9.06. The molecule has 0 saturated carbocycles. The number of amides is 1. The van der Waals surface area contributed by atoms with Crippen molar-refractivity contribution in [1.29, 1.82) is 0 Å². The largest absolute Gasteiger partial charge is 0.402 e. The van der Waals surface area contributed by atoms with Crippen LogP contribution in [-0.4, -0.2) is 42.4 Å². The van der Waals surface area contributed by atoms with E-state index in [0.717, 1.165) is 12.8 Å². The van der Waals surface area contributed by atoms with Crippen molar-refractivity contribution in [3.8, 4) is 10.8 Å². The molecule has 8 nitrogen and oxygen atoms in total. The van der Waals surface area contributed by atoms with Crippen LogP contribution in [0.1, 0.15) is 30.1 Å². The zero-order chi connectivity index (χ0) is 21.0. The topological polar surface area (TPSA) is 105 Å². The number of hydrogen-bond donors (Lipinski definition) is 1. The SMILES string of the molecule is CCCCN(C)S(=O)(=O)c1ccc(C(=O)Nc2nnc(-c3ccc(Cl)s3)o2)cc1. The van der Waals surface area contributed by atoms with Crippen LogP contribution >= 0.6 is 22.9 Å². The first-order valence-corrected chi connectivity index (χ1v) is 11.4. The second-order valence-corrected chi connectivity index (χ2v) is 9.93. The van der Waals surface area contributed by atoms with Gasteiger partial charge >= 0.3 is 6.01 Å². The van der Waals surface area contributed by atoms with Gasteiger partial charge in [0.25, 0.3) is 11.8 Å². The average molecular weight is 455 g/mol. The Morgan fingerprint density at radius 3 is 2.55 bits per heavy atom. The third kappa shape index (κ3) is 5.02. The molecule has 0 aliphatic rings. The van der Waals surface area contributed by atoms with Gasteiger partial charge in [-0.25, -0.2) is 12.7 Å². The fraction of sp³-hybridized carbons (Fsp3) is 0.278. The predicted molar refractivity (Wildman–Crippen MR) is 112 cm³/mol. The van der Waals surface area contributed by atoms with Gasteiger partial charge in [0.05, 0.1) is 14.1 Å². The molecular formula is C18H19ClN4O4S2. The maximum absolute atomic E-state index is 12.5. The zero-order valence-corrected chi connectivity index (χ0v) is 18.1. The quantitative estimate of drug-likeness (QED) is 0.548. The Bertz CT molecular complexity index is 1090. The molecular weight excluding hydrogens is 436 g/mol. The number of aromatic nitrogens is 2. The molecule has 0 aliphatic heterocycles. The van der Waals surface area contributed by atoms with Crippen LogP contribution in [0.5, 0.6) is 0 Å². The number of thiophene rings is 1. The summed E-state index contributed by atoms with van der Waals surface area (Å²) in [6.45, 7) is 2.44. The fourth-order valence-electron chi connectivity index (χ4n) is 2.43. The number of hydrogen-bond acceptors (Lipinski definition) is 7. The monoisotopic (exact) mass is 454 g/mol. The van der Waals surface area contributed by atoms with E-state index in [0.29, 0.717) is 15.8 Å². The first kappa shape index (κ1) is 21.4. The van der Waals surface area contributed by atoms with E-state index in [-0.39, 0.29) is 22.4 Å². The predicted octanol–water partition coefficient (Wildman–Crippen LogP) is 4.12. The van der Waals surface area contributed by atoms with Gasteiger partial charge < -0.3 is 4.42 Å². The second-order valence-electron chi connectivity index (χ2n) is 6.17. The first-order chi connectivity index (χ1) is 13.8. The van der Waals surface area contributed by atoms with E-state index in [1.807, 2.05) is 6.92 Å². The number of nitrogens with one attached hydrogen (secondary N) is 1. The molecule has 11 heteroatoms. The molecule has 0 aliphatic carbocycles. The number of sulfonamides is 1. The minimum absolute atomic E-state index is 0.0643. The number of carbonyl (C=O) groups is 1. The summed E-state index contributed by atoms with van der Waals surface area (Å²) in [5, 5.41) is 10.2. The van der Waals surface area contributed by atoms with Crippen molar-refractivity contribution in [2.45, 2.75) is 24.7 Å². The Morgan fingerprint density at radius 2 is 1.93 bits per heavy atom. The van der Waals surface area contributed by atoms with Crippen molar-refractivity contribution in [2.24, 2.45) is 0 Å². The van der Waals surface area contributed by atoms with Gasteiger partial charge in [-0.1, -0.05) is 30.0 Å². The lowest BCUT2D eigenvalue weighted by Crippen LogP contribution is -2.28. The van der Waals surface area contributed by atoms with Crippen LogP contribution in [0, 0.1) is 0 Å². The van der Waals surface area contributed by atoms with Gasteiger partial charge in [0, 0.05) is 19.2 Å². The highest BCUT2D eigenvalue weighted by molar-refractivity contribution is 7.89. The number of unbranched alkanes of at least 4 members (excludes halogenated alkanes) is 1. The van der Waals surface area contributed by atoms with Crippen molar-refractivity contribution in [3.63, 3.8) is 0 Å². The van der Waals surface area contributed by atoms with E-state index in [1.54, 1.807) is 19.2 Å². The molecule has 0 bridgehead atoms. The Kier molecular flexibility index (Phi) is 6.68. The lowest BCUT2D eigenvalue weighted by atomic mass is 10.2. The van der Waals surface area contributed by atoms with Crippen LogP contribution in [0.2, 0.25) is 4.34 Å². The van der Waals surface area contributed by atoms with Gasteiger partial charge in [-0.3, -0.25) is 10.1 Å². The standard InChI is InChI=1S/C18H19ClN4O4S2/c1-3-4-11-23(2)29(25,26)13-7-5-12(6-8-13)16(24)20-18-22-21-17(27-18)14-9-10-15(19)28-14/h5-10H,3-4,11H2,1-2H3,(H,20,22,24). The molecule has 0 spiro atoms. The Hall–Kier alpha value is -2.27. The second kappa shape index (κ2) is 9.04. The summed E-state index contributed by atoms with van der Waals surface area (Å²) < 4.78 is 32.4. The molecule has 0 fully saturated rings. The smallest absolute Gasteiger partial charge is 0.322 e. The Morgan fingerprint density at radius 1 is 1.21 bits per heavy atom. The maximum atomic E-state index is 12.5. The summed E-state index contributed by atoms with van der Waals surface area (Å²) >= 11 is 7.16. The summed E-state index contributed by atoms with van der Waals surface area (Å²) in [7, 11) is -2.05. The van der Waals surface area contributed by atoms with Crippen LogP contribution in [0.25, 0.3) is 10.8 Å². The number of nitrogens with zero attached hydrogens (tertiary/aromatic N) is 3. The normalized spacial score (nSPS) is 11.7. The van der Waals surface area contributed by atoms with Crippen LogP contribution in [-0.2, 0) is 10.0 Å². The highest BCUT2D eigenvalue weighted by Crippen LogP contribution is 2.30. The highest BCUT2D eigenvalue weighted by atomic mass is 35.5. The number of anilines is 1. The number of halogens is 1. The van der Waals surface area contributed by atoms with Gasteiger partial charge in [-0.2, -0.15) is 0 Å². The van der Waals surface area contributed by atoms with Crippen LogP contribution < -0.4 is 5.32 Å². The van der Waals surface area contributed by atoms with Crippen molar-refractivity contribution < 1.29 is 17.6 Å².